The quantitative estimate of drug-likeness (QED) is 0.163. The van der Waals surface area contributed by atoms with Crippen molar-refractivity contribution in [3.63, 3.8) is 0 Å². The van der Waals surface area contributed by atoms with Crippen LogP contribution < -0.4 is 4.90 Å². The molecule has 0 radical (unpaired) electrons. The van der Waals surface area contributed by atoms with Crippen LogP contribution in [0.25, 0.3) is 64.7 Å². The maximum absolute atomic E-state index is 2.44. The Labute approximate surface area is 303 Å². The lowest BCUT2D eigenvalue weighted by molar-refractivity contribution is 1.28. The molecule has 0 spiro atoms. The first kappa shape index (κ1) is 30.8. The summed E-state index contributed by atoms with van der Waals surface area (Å²) in [5, 5.41) is 2.57. The zero-order valence-corrected chi connectivity index (χ0v) is 29.1. The lowest BCUT2D eigenvalue weighted by Gasteiger charge is -2.28. The van der Waals surface area contributed by atoms with Gasteiger partial charge in [-0.05, 0) is 99.5 Å². The molecule has 0 aliphatic heterocycles. The Kier molecular flexibility index (Phi) is 8.00. The van der Waals surface area contributed by atoms with Crippen molar-refractivity contribution in [3.05, 3.63) is 200 Å². The maximum Gasteiger partial charge on any atom is 0.0554 e. The number of benzene rings is 8. The highest BCUT2D eigenvalue weighted by Gasteiger charge is 2.20. The van der Waals surface area contributed by atoms with Crippen LogP contribution in [0.2, 0.25) is 0 Å². The molecule has 0 unspecified atom stereocenters. The number of hydrogen-bond acceptors (Lipinski definition) is 2. The fraction of sp³-hybridized carbons (Fsp3) is 0.0204. The third kappa shape index (κ3) is 5.70. The first-order valence-electron chi connectivity index (χ1n) is 17.4. The molecule has 1 aromatic heterocycles. The molecule has 0 amide bonds. The number of hydrogen-bond donors (Lipinski definition) is 0. The van der Waals surface area contributed by atoms with E-state index in [1.165, 1.54) is 75.9 Å². The van der Waals surface area contributed by atoms with Gasteiger partial charge in [-0.2, -0.15) is 0 Å². The van der Waals surface area contributed by atoms with Crippen LogP contribution in [0, 0.1) is 6.92 Å². The van der Waals surface area contributed by atoms with E-state index in [9.17, 15) is 0 Å². The molecule has 0 aliphatic rings. The predicted octanol–water partition coefficient (Wildman–Crippen LogP) is 14.5. The van der Waals surface area contributed by atoms with Gasteiger partial charge in [-0.1, -0.05) is 152 Å². The van der Waals surface area contributed by atoms with Gasteiger partial charge in [0.1, 0.15) is 0 Å². The smallest absolute Gasteiger partial charge is 0.0554 e. The highest BCUT2D eigenvalue weighted by atomic mass is 32.1. The second kappa shape index (κ2) is 13.2. The summed E-state index contributed by atoms with van der Waals surface area (Å²) in [5.74, 6) is 0. The summed E-state index contributed by atoms with van der Waals surface area (Å²) in [6.45, 7) is 2.24. The van der Waals surface area contributed by atoms with Crippen LogP contribution in [0.15, 0.2) is 194 Å². The Morgan fingerprint density at radius 2 is 0.882 bits per heavy atom. The van der Waals surface area contributed by atoms with Crippen LogP contribution >= 0.6 is 11.3 Å². The minimum absolute atomic E-state index is 1.12. The molecule has 0 N–H and O–H groups in total. The Morgan fingerprint density at radius 1 is 0.373 bits per heavy atom. The first-order valence-corrected chi connectivity index (χ1v) is 18.3. The summed E-state index contributed by atoms with van der Waals surface area (Å²) in [5.41, 5.74) is 14.5. The van der Waals surface area contributed by atoms with Crippen molar-refractivity contribution in [3.8, 4) is 44.5 Å². The van der Waals surface area contributed by atoms with E-state index in [1.807, 2.05) is 11.3 Å². The van der Waals surface area contributed by atoms with Crippen molar-refractivity contribution >= 4 is 48.6 Å². The predicted molar refractivity (Wildman–Crippen MR) is 220 cm³/mol. The lowest BCUT2D eigenvalue weighted by Crippen LogP contribution is -2.10. The molecular weight excluding hydrogens is 635 g/mol. The monoisotopic (exact) mass is 669 g/mol. The van der Waals surface area contributed by atoms with Crippen molar-refractivity contribution in [2.24, 2.45) is 0 Å². The Hall–Kier alpha value is -6.22. The van der Waals surface area contributed by atoms with Crippen LogP contribution in [-0.2, 0) is 0 Å². The first-order chi connectivity index (χ1) is 25.2. The van der Waals surface area contributed by atoms with Gasteiger partial charge < -0.3 is 4.90 Å². The fourth-order valence-corrected chi connectivity index (χ4v) is 8.57. The number of nitrogens with zero attached hydrogens (tertiary/aromatic N) is 1. The standard InChI is InChI=1S/C49H35NS/c1-34-33-39(31-32-40(34)44-22-11-10-21-43(44)36-17-6-3-7-18-36)50(46-24-14-26-48-49(46)45-23-12-13-25-47(45)51-48)38-29-27-37(28-30-38)42-20-9-8-19-41(42)35-15-4-2-5-16-35/h2-33H,1H3. The second-order valence-corrected chi connectivity index (χ2v) is 14.0. The van der Waals surface area contributed by atoms with E-state index in [0.29, 0.717) is 0 Å². The molecule has 0 atom stereocenters. The number of rotatable bonds is 7. The van der Waals surface area contributed by atoms with Gasteiger partial charge in [-0.15, -0.1) is 11.3 Å². The van der Waals surface area contributed by atoms with E-state index in [2.05, 4.69) is 206 Å². The van der Waals surface area contributed by atoms with Crippen LogP contribution in [0.4, 0.5) is 17.1 Å². The summed E-state index contributed by atoms with van der Waals surface area (Å²) < 4.78 is 2.59. The Bertz CT molecular complexity index is 2640. The minimum Gasteiger partial charge on any atom is -0.310 e. The largest absolute Gasteiger partial charge is 0.310 e. The average molecular weight is 670 g/mol. The molecule has 2 heteroatoms. The van der Waals surface area contributed by atoms with Crippen molar-refractivity contribution in [2.75, 3.05) is 4.90 Å². The van der Waals surface area contributed by atoms with E-state index >= 15 is 0 Å². The van der Waals surface area contributed by atoms with Crippen molar-refractivity contribution in [1.82, 2.24) is 0 Å². The number of anilines is 3. The summed E-state index contributed by atoms with van der Waals surface area (Å²) in [4.78, 5) is 2.44. The Balaban J connectivity index is 1.20. The van der Waals surface area contributed by atoms with Gasteiger partial charge in [0, 0.05) is 31.5 Å². The summed E-state index contributed by atoms with van der Waals surface area (Å²) in [6, 6.07) is 70.3. The third-order valence-electron chi connectivity index (χ3n) is 9.84. The van der Waals surface area contributed by atoms with Gasteiger partial charge in [0.05, 0.1) is 5.69 Å². The van der Waals surface area contributed by atoms with Crippen LogP contribution in [0.1, 0.15) is 5.56 Å². The highest BCUT2D eigenvalue weighted by Crippen LogP contribution is 2.46. The molecule has 242 valence electrons. The van der Waals surface area contributed by atoms with Gasteiger partial charge in [-0.25, -0.2) is 0 Å². The topological polar surface area (TPSA) is 3.24 Å². The van der Waals surface area contributed by atoms with E-state index in [-0.39, 0.29) is 0 Å². The number of thiophene rings is 1. The van der Waals surface area contributed by atoms with Crippen molar-refractivity contribution in [1.29, 1.82) is 0 Å². The molecule has 9 aromatic rings. The van der Waals surface area contributed by atoms with E-state index in [0.717, 1.165) is 11.4 Å². The van der Waals surface area contributed by atoms with Crippen molar-refractivity contribution < 1.29 is 0 Å². The summed E-state index contributed by atoms with van der Waals surface area (Å²) in [6.07, 6.45) is 0. The normalized spacial score (nSPS) is 11.2. The molecule has 0 saturated carbocycles. The van der Waals surface area contributed by atoms with Gasteiger partial charge in [0.2, 0.25) is 0 Å². The molecular formula is C49H35NS. The highest BCUT2D eigenvalue weighted by molar-refractivity contribution is 7.26. The van der Waals surface area contributed by atoms with Gasteiger partial charge in [-0.3, -0.25) is 0 Å². The van der Waals surface area contributed by atoms with E-state index < -0.39 is 0 Å². The average Bonchev–Trinajstić information content (AvgIpc) is 3.59. The van der Waals surface area contributed by atoms with Crippen molar-refractivity contribution in [2.45, 2.75) is 6.92 Å². The molecule has 51 heavy (non-hydrogen) atoms. The van der Waals surface area contributed by atoms with E-state index in [1.54, 1.807) is 0 Å². The zero-order chi connectivity index (χ0) is 34.1. The molecule has 0 aliphatic carbocycles. The number of aryl methyl sites for hydroxylation is 1. The van der Waals surface area contributed by atoms with Crippen LogP contribution in [0.5, 0.6) is 0 Å². The molecule has 0 fully saturated rings. The molecule has 9 rings (SSSR count). The van der Waals surface area contributed by atoms with Crippen LogP contribution in [0.3, 0.4) is 0 Å². The number of fused-ring (bicyclic) bond motifs is 3. The van der Waals surface area contributed by atoms with Gasteiger partial charge >= 0.3 is 0 Å². The molecule has 8 aromatic carbocycles. The van der Waals surface area contributed by atoms with Gasteiger partial charge in [0.15, 0.2) is 0 Å². The summed E-state index contributed by atoms with van der Waals surface area (Å²) >= 11 is 1.86. The zero-order valence-electron chi connectivity index (χ0n) is 28.3. The third-order valence-corrected chi connectivity index (χ3v) is 11.0. The Morgan fingerprint density at radius 3 is 1.53 bits per heavy atom. The molecule has 0 bridgehead atoms. The van der Waals surface area contributed by atoms with Gasteiger partial charge in [0.25, 0.3) is 0 Å². The SMILES string of the molecule is Cc1cc(N(c2ccc(-c3ccccc3-c3ccccc3)cc2)c2cccc3sc4ccccc4c23)ccc1-c1ccccc1-c1ccccc1. The molecule has 1 nitrogen and oxygen atoms in total. The minimum atomic E-state index is 1.12. The maximum atomic E-state index is 2.44. The molecule has 0 saturated heterocycles. The second-order valence-electron chi connectivity index (χ2n) is 13.0. The van der Waals surface area contributed by atoms with E-state index in [4.69, 9.17) is 0 Å². The lowest BCUT2D eigenvalue weighted by atomic mass is 9.92. The molecule has 1 heterocycles. The van der Waals surface area contributed by atoms with Crippen LogP contribution in [-0.4, -0.2) is 0 Å². The summed E-state index contributed by atoms with van der Waals surface area (Å²) in [7, 11) is 0. The fourth-order valence-electron chi connectivity index (χ4n) is 7.44.